The van der Waals surface area contributed by atoms with Crippen LogP contribution in [0.25, 0.3) is 31.3 Å². The van der Waals surface area contributed by atoms with Crippen molar-refractivity contribution in [3.63, 3.8) is 0 Å². The fourth-order valence-electron chi connectivity index (χ4n) is 4.88. The van der Waals surface area contributed by atoms with Crippen LogP contribution < -0.4 is 0 Å². The quantitative estimate of drug-likeness (QED) is 0.186. The molecule has 6 rings (SSSR count). The third kappa shape index (κ3) is 15.2. The Balaban J connectivity index is 0.000000695. The number of fused-ring (bicyclic) bond motifs is 6. The first kappa shape index (κ1) is 44.0. The summed E-state index contributed by atoms with van der Waals surface area (Å²) in [6.45, 7) is 26.7. The summed E-state index contributed by atoms with van der Waals surface area (Å²) in [5, 5.41) is 2.78. The van der Waals surface area contributed by atoms with Crippen LogP contribution in [0.1, 0.15) is 105 Å². The molecule has 1 aromatic heterocycles. The van der Waals surface area contributed by atoms with Gasteiger partial charge in [0.15, 0.2) is 0 Å². The zero-order chi connectivity index (χ0) is 36.2. The first-order chi connectivity index (χ1) is 22.5. The van der Waals surface area contributed by atoms with Gasteiger partial charge < -0.3 is 9.80 Å². The summed E-state index contributed by atoms with van der Waals surface area (Å²) in [6.07, 6.45) is 1.10. The van der Waals surface area contributed by atoms with Crippen molar-refractivity contribution in [2.75, 3.05) is 28.2 Å². The van der Waals surface area contributed by atoms with E-state index in [1.165, 1.54) is 53.6 Å². The highest BCUT2D eigenvalue weighted by Gasteiger charge is 2.16. The van der Waals surface area contributed by atoms with Crippen molar-refractivity contribution in [1.29, 1.82) is 0 Å². The molecule has 2 nitrogen and oxygen atoms in total. The Bertz CT molecular complexity index is 1490. The standard InChI is InChI=1S/C18H22N2S.C13H10.C5H12.4C2H6/c1-19(2)11-13-6-8-17-16(9-13)15-7-5-14(12-20(3)4)10-18(15)21-17;1-3-7-12-10(5-1)9-11-6-2-4-8-13(11)12;1-5(2,3)4;4*1-2/h5-10H,11-12H2,1-4H3;1-8H,9H2;1-4H3;4*1-2H3. The predicted molar refractivity (Wildman–Crippen MR) is 219 cm³/mol. The molecule has 0 aliphatic heterocycles. The summed E-state index contributed by atoms with van der Waals surface area (Å²) in [6, 6.07) is 31.1. The summed E-state index contributed by atoms with van der Waals surface area (Å²) >= 11 is 1.90. The Labute approximate surface area is 294 Å². The highest BCUT2D eigenvalue weighted by molar-refractivity contribution is 7.25. The molecular formula is C44H68N2S. The second-order valence-electron chi connectivity index (χ2n) is 12.7. The van der Waals surface area contributed by atoms with E-state index >= 15 is 0 Å². The van der Waals surface area contributed by atoms with Gasteiger partial charge in [-0.25, -0.2) is 0 Å². The molecular weight excluding hydrogens is 589 g/mol. The summed E-state index contributed by atoms with van der Waals surface area (Å²) in [5.41, 5.74) is 9.01. The number of thiophene rings is 1. The Morgan fingerprint density at radius 2 is 0.915 bits per heavy atom. The van der Waals surface area contributed by atoms with E-state index in [2.05, 4.69) is 151 Å². The van der Waals surface area contributed by atoms with Gasteiger partial charge in [-0.05, 0) is 91.6 Å². The SMILES string of the molecule is CC.CC.CC.CC.CC(C)(C)C.CN(C)Cc1ccc2c(c1)sc1ccc(CN(C)C)cc12.c1ccc2c(c1)Cc1ccccc1-2. The topological polar surface area (TPSA) is 6.48 Å². The molecule has 47 heavy (non-hydrogen) atoms. The molecule has 4 aromatic carbocycles. The lowest BCUT2D eigenvalue weighted by Crippen LogP contribution is -2.10. The Morgan fingerprint density at radius 1 is 0.511 bits per heavy atom. The van der Waals surface area contributed by atoms with Crippen molar-refractivity contribution < 1.29 is 0 Å². The summed E-state index contributed by atoms with van der Waals surface area (Å²) < 4.78 is 2.78. The highest BCUT2D eigenvalue weighted by atomic mass is 32.1. The number of hydrogen-bond acceptors (Lipinski definition) is 3. The number of hydrogen-bond donors (Lipinski definition) is 0. The molecule has 1 aliphatic rings. The van der Waals surface area contributed by atoms with E-state index < -0.39 is 0 Å². The van der Waals surface area contributed by atoms with E-state index in [4.69, 9.17) is 0 Å². The van der Waals surface area contributed by atoms with Gasteiger partial charge >= 0.3 is 0 Å². The maximum Gasteiger partial charge on any atom is 0.0358 e. The van der Waals surface area contributed by atoms with Crippen LogP contribution in [-0.2, 0) is 19.5 Å². The van der Waals surface area contributed by atoms with Crippen molar-refractivity contribution in [2.45, 2.75) is 103 Å². The smallest absolute Gasteiger partial charge is 0.0358 e. The minimum absolute atomic E-state index is 0.500. The van der Waals surface area contributed by atoms with Gasteiger partial charge in [0, 0.05) is 33.3 Å². The van der Waals surface area contributed by atoms with E-state index in [0.29, 0.717) is 5.41 Å². The van der Waals surface area contributed by atoms with Crippen LogP contribution in [0.5, 0.6) is 0 Å². The maximum atomic E-state index is 2.35. The van der Waals surface area contributed by atoms with Crippen LogP contribution in [0.2, 0.25) is 0 Å². The molecule has 0 unspecified atom stereocenters. The third-order valence-electron chi connectivity index (χ3n) is 6.30. The second kappa shape index (κ2) is 23.4. The fraction of sp³-hybridized carbons (Fsp3) is 0.455. The molecule has 0 atom stereocenters. The van der Waals surface area contributed by atoms with Crippen LogP contribution in [0.15, 0.2) is 84.9 Å². The summed E-state index contributed by atoms with van der Waals surface area (Å²) in [5.74, 6) is 0. The average Bonchev–Trinajstić information content (AvgIpc) is 3.61. The predicted octanol–water partition coefficient (Wildman–Crippen LogP) is 13.6. The van der Waals surface area contributed by atoms with Gasteiger partial charge in [-0.1, -0.05) is 150 Å². The number of nitrogens with zero attached hydrogens (tertiary/aromatic N) is 2. The normalized spacial score (nSPS) is 10.6. The van der Waals surface area contributed by atoms with E-state index in [1.807, 2.05) is 66.7 Å². The summed E-state index contributed by atoms with van der Waals surface area (Å²) in [7, 11) is 8.46. The van der Waals surface area contributed by atoms with Crippen molar-refractivity contribution >= 4 is 31.5 Å². The molecule has 5 aromatic rings. The van der Waals surface area contributed by atoms with Gasteiger partial charge in [-0.2, -0.15) is 0 Å². The van der Waals surface area contributed by atoms with Gasteiger partial charge in [0.25, 0.3) is 0 Å². The maximum absolute atomic E-state index is 2.35. The lowest BCUT2D eigenvalue weighted by Gasteiger charge is -2.10. The fourth-order valence-corrected chi connectivity index (χ4v) is 6.03. The number of benzene rings is 4. The first-order valence-corrected chi connectivity index (χ1v) is 18.7. The lowest BCUT2D eigenvalue weighted by molar-refractivity contribution is 0.403. The Morgan fingerprint density at radius 3 is 1.36 bits per heavy atom. The van der Waals surface area contributed by atoms with Crippen LogP contribution in [0.4, 0.5) is 0 Å². The number of rotatable bonds is 4. The Kier molecular flexibility index (Phi) is 21.9. The van der Waals surface area contributed by atoms with Gasteiger partial charge in [-0.3, -0.25) is 0 Å². The van der Waals surface area contributed by atoms with Crippen LogP contribution in [0.3, 0.4) is 0 Å². The monoisotopic (exact) mass is 657 g/mol. The van der Waals surface area contributed by atoms with Crippen molar-refractivity contribution in [2.24, 2.45) is 5.41 Å². The highest BCUT2D eigenvalue weighted by Crippen LogP contribution is 2.36. The van der Waals surface area contributed by atoms with Crippen LogP contribution in [0, 0.1) is 5.41 Å². The first-order valence-electron chi connectivity index (χ1n) is 17.9. The molecule has 0 amide bonds. The molecule has 0 N–H and O–H groups in total. The molecule has 1 heterocycles. The van der Waals surface area contributed by atoms with Crippen LogP contribution in [-0.4, -0.2) is 38.0 Å². The van der Waals surface area contributed by atoms with Gasteiger partial charge in [0.1, 0.15) is 0 Å². The van der Waals surface area contributed by atoms with Crippen molar-refractivity contribution in [3.8, 4) is 11.1 Å². The zero-order valence-corrected chi connectivity index (χ0v) is 33.8. The molecule has 0 saturated heterocycles. The van der Waals surface area contributed by atoms with Gasteiger partial charge in [0.05, 0.1) is 0 Å². The van der Waals surface area contributed by atoms with E-state index in [9.17, 15) is 0 Å². The molecule has 0 saturated carbocycles. The van der Waals surface area contributed by atoms with Crippen molar-refractivity contribution in [1.82, 2.24) is 9.80 Å². The minimum Gasteiger partial charge on any atom is -0.305 e. The third-order valence-corrected chi connectivity index (χ3v) is 7.44. The molecule has 0 bridgehead atoms. The molecule has 0 radical (unpaired) electrons. The molecule has 1 aliphatic carbocycles. The molecule has 260 valence electrons. The van der Waals surface area contributed by atoms with Gasteiger partial charge in [0.2, 0.25) is 0 Å². The van der Waals surface area contributed by atoms with E-state index in [-0.39, 0.29) is 0 Å². The molecule has 0 spiro atoms. The van der Waals surface area contributed by atoms with Crippen LogP contribution >= 0.6 is 11.3 Å². The lowest BCUT2D eigenvalue weighted by atomic mass is 10.0. The van der Waals surface area contributed by atoms with Crippen molar-refractivity contribution in [3.05, 3.63) is 107 Å². The van der Waals surface area contributed by atoms with Gasteiger partial charge in [-0.15, -0.1) is 11.3 Å². The zero-order valence-electron chi connectivity index (χ0n) is 33.0. The Hall–Kier alpha value is -2.98. The minimum atomic E-state index is 0.500. The molecule has 0 fully saturated rings. The van der Waals surface area contributed by atoms with E-state index in [0.717, 1.165) is 19.5 Å². The second-order valence-corrected chi connectivity index (χ2v) is 13.8. The summed E-state index contributed by atoms with van der Waals surface area (Å²) in [4.78, 5) is 4.43. The van der Waals surface area contributed by atoms with E-state index in [1.54, 1.807) is 0 Å². The average molecular weight is 657 g/mol. The molecule has 3 heteroatoms. The largest absolute Gasteiger partial charge is 0.305 e.